The van der Waals surface area contributed by atoms with Gasteiger partial charge in [-0.2, -0.15) is 0 Å². The fraction of sp³-hybridized carbons (Fsp3) is 0.190. The largest absolute Gasteiger partial charge is 0.505 e. The summed E-state index contributed by atoms with van der Waals surface area (Å²) in [6, 6.07) is 8.93. The lowest BCUT2D eigenvalue weighted by molar-refractivity contribution is -0.122. The molecule has 29 heavy (non-hydrogen) atoms. The Morgan fingerprint density at radius 2 is 1.69 bits per heavy atom. The minimum absolute atomic E-state index is 0.0263. The van der Waals surface area contributed by atoms with Gasteiger partial charge in [0.15, 0.2) is 5.75 Å². The average molecular weight is 433 g/mol. The van der Waals surface area contributed by atoms with Gasteiger partial charge in [0.25, 0.3) is 11.8 Å². The number of hydrogen-bond acceptors (Lipinski definition) is 4. The van der Waals surface area contributed by atoms with Crippen LogP contribution in [-0.4, -0.2) is 23.0 Å². The number of aromatic hydroxyl groups is 1. The van der Waals surface area contributed by atoms with E-state index in [0.29, 0.717) is 17.2 Å². The van der Waals surface area contributed by atoms with Crippen LogP contribution < -0.4 is 10.2 Å². The lowest BCUT2D eigenvalue weighted by Gasteiger charge is -2.26. The van der Waals surface area contributed by atoms with Crippen molar-refractivity contribution >= 4 is 52.8 Å². The highest BCUT2D eigenvalue weighted by Gasteiger charge is 2.36. The third kappa shape index (κ3) is 4.13. The van der Waals surface area contributed by atoms with Crippen molar-refractivity contribution in [2.24, 2.45) is 0 Å². The van der Waals surface area contributed by atoms with Crippen LogP contribution in [0, 0.1) is 0 Å². The first-order valence-corrected chi connectivity index (χ1v) is 9.68. The van der Waals surface area contributed by atoms with Crippen LogP contribution in [0.1, 0.15) is 37.3 Å². The van der Waals surface area contributed by atoms with Gasteiger partial charge in [-0.1, -0.05) is 49.2 Å². The zero-order valence-electron chi connectivity index (χ0n) is 15.7. The Kier molecular flexibility index (Phi) is 5.96. The molecule has 0 aromatic heterocycles. The first-order valence-electron chi connectivity index (χ1n) is 8.92. The number of halogens is 2. The summed E-state index contributed by atoms with van der Waals surface area (Å²) in [5, 5.41) is 11.8. The first kappa shape index (κ1) is 20.9. The van der Waals surface area contributed by atoms with Gasteiger partial charge in [-0.3, -0.25) is 14.9 Å². The Labute approximate surface area is 177 Å². The second kappa shape index (κ2) is 8.27. The number of barbiturate groups is 1. The monoisotopic (exact) mass is 432 g/mol. The summed E-state index contributed by atoms with van der Waals surface area (Å²) in [5.74, 6) is -1.55. The van der Waals surface area contributed by atoms with Gasteiger partial charge in [-0.15, -0.1) is 0 Å². The molecule has 0 saturated carbocycles. The molecule has 0 spiro atoms. The number of nitrogens with one attached hydrogen (secondary N) is 1. The van der Waals surface area contributed by atoms with Crippen LogP contribution in [0.4, 0.5) is 10.5 Å². The molecule has 6 nitrogen and oxygen atoms in total. The van der Waals surface area contributed by atoms with Crippen molar-refractivity contribution in [2.45, 2.75) is 26.2 Å². The molecule has 2 aromatic carbocycles. The van der Waals surface area contributed by atoms with Crippen molar-refractivity contribution in [3.63, 3.8) is 0 Å². The molecule has 0 bridgehead atoms. The third-order valence-corrected chi connectivity index (χ3v) is 5.36. The fourth-order valence-electron chi connectivity index (χ4n) is 2.91. The summed E-state index contributed by atoms with van der Waals surface area (Å²) < 4.78 is 0. The lowest BCUT2D eigenvalue weighted by atomic mass is 9.98. The molecule has 1 saturated heterocycles. The summed E-state index contributed by atoms with van der Waals surface area (Å²) in [6.45, 7) is 4.16. The Morgan fingerprint density at radius 3 is 2.24 bits per heavy atom. The smallest absolute Gasteiger partial charge is 0.335 e. The second-order valence-electron chi connectivity index (χ2n) is 6.69. The quantitative estimate of drug-likeness (QED) is 0.532. The highest BCUT2D eigenvalue weighted by molar-refractivity contribution is 6.40. The zero-order chi connectivity index (χ0) is 21.3. The van der Waals surface area contributed by atoms with E-state index in [4.69, 9.17) is 23.2 Å². The molecule has 1 aliphatic rings. The first-order chi connectivity index (χ1) is 13.7. The Balaban J connectivity index is 1.98. The number of nitrogens with zero attached hydrogens (tertiary/aromatic N) is 1. The Hall–Kier alpha value is -2.83. The molecule has 1 unspecified atom stereocenters. The number of phenolic OH excluding ortho intramolecular Hbond substituents is 1. The third-order valence-electron chi connectivity index (χ3n) is 4.78. The molecule has 3 rings (SSSR count). The molecule has 0 radical (unpaired) electrons. The molecule has 150 valence electrons. The van der Waals surface area contributed by atoms with Gasteiger partial charge < -0.3 is 5.11 Å². The summed E-state index contributed by atoms with van der Waals surface area (Å²) >= 11 is 11.8. The van der Waals surface area contributed by atoms with Crippen molar-refractivity contribution < 1.29 is 19.5 Å². The van der Waals surface area contributed by atoms with E-state index in [2.05, 4.69) is 19.2 Å². The van der Waals surface area contributed by atoms with E-state index in [-0.39, 0.29) is 21.4 Å². The topological polar surface area (TPSA) is 86.7 Å². The number of carbonyl (C=O) groups excluding carboxylic acids is 3. The second-order valence-corrected chi connectivity index (χ2v) is 7.51. The molecular weight excluding hydrogens is 415 g/mol. The maximum Gasteiger partial charge on any atom is 0.335 e. The van der Waals surface area contributed by atoms with Crippen LogP contribution >= 0.6 is 23.2 Å². The standard InChI is InChI=1S/C21H18Cl2N2O4/c1-3-11(2)13-4-6-14(7-5-13)25-20(28)15(19(27)24-21(25)29)8-12-9-16(22)18(26)17(23)10-12/h4-11,26H,3H2,1-2H3,(H,24,27,29). The number of phenols is 1. The number of benzene rings is 2. The van der Waals surface area contributed by atoms with Crippen molar-refractivity contribution in [2.75, 3.05) is 4.90 Å². The molecule has 2 aromatic rings. The van der Waals surface area contributed by atoms with Gasteiger partial charge in [0.2, 0.25) is 0 Å². The molecule has 2 N–H and O–H groups in total. The summed E-state index contributed by atoms with van der Waals surface area (Å²) in [7, 11) is 0. The summed E-state index contributed by atoms with van der Waals surface area (Å²) in [5.41, 5.74) is 1.51. The molecular formula is C21H18Cl2N2O4. The minimum Gasteiger partial charge on any atom is -0.505 e. The predicted octanol–water partition coefficient (Wildman–Crippen LogP) is 4.88. The number of rotatable bonds is 4. The van der Waals surface area contributed by atoms with Crippen molar-refractivity contribution in [1.29, 1.82) is 0 Å². The molecule has 1 fully saturated rings. The van der Waals surface area contributed by atoms with Crippen molar-refractivity contribution in [3.8, 4) is 5.75 Å². The number of anilines is 1. The average Bonchev–Trinajstić information content (AvgIpc) is 2.69. The Bertz CT molecular complexity index is 1010. The minimum atomic E-state index is -0.826. The van der Waals surface area contributed by atoms with Crippen LogP contribution in [0.15, 0.2) is 42.0 Å². The van der Waals surface area contributed by atoms with Crippen LogP contribution in [0.3, 0.4) is 0 Å². The highest BCUT2D eigenvalue weighted by atomic mass is 35.5. The molecule has 1 aliphatic heterocycles. The number of carbonyl (C=O) groups is 3. The Morgan fingerprint density at radius 1 is 1.10 bits per heavy atom. The molecule has 1 atom stereocenters. The van der Waals surface area contributed by atoms with Gasteiger partial charge in [-0.05, 0) is 53.8 Å². The molecule has 8 heteroatoms. The van der Waals surface area contributed by atoms with E-state index in [1.807, 2.05) is 12.1 Å². The molecule has 1 heterocycles. The maximum absolute atomic E-state index is 12.9. The van der Waals surface area contributed by atoms with E-state index >= 15 is 0 Å². The van der Waals surface area contributed by atoms with E-state index in [9.17, 15) is 19.5 Å². The summed E-state index contributed by atoms with van der Waals surface area (Å²) in [6.07, 6.45) is 2.23. The molecule has 4 amide bonds. The van der Waals surface area contributed by atoms with Gasteiger partial charge >= 0.3 is 6.03 Å². The van der Waals surface area contributed by atoms with Crippen molar-refractivity contribution in [1.82, 2.24) is 5.32 Å². The van der Waals surface area contributed by atoms with E-state index in [0.717, 1.165) is 16.9 Å². The van der Waals surface area contributed by atoms with Crippen LogP contribution in [0.25, 0.3) is 6.08 Å². The number of amides is 4. The summed E-state index contributed by atoms with van der Waals surface area (Å²) in [4.78, 5) is 38.4. The van der Waals surface area contributed by atoms with E-state index in [1.54, 1.807) is 12.1 Å². The number of urea groups is 1. The van der Waals surface area contributed by atoms with E-state index in [1.165, 1.54) is 18.2 Å². The molecule has 0 aliphatic carbocycles. The van der Waals surface area contributed by atoms with Gasteiger partial charge in [0.1, 0.15) is 5.57 Å². The fourth-order valence-corrected chi connectivity index (χ4v) is 3.42. The maximum atomic E-state index is 12.9. The lowest BCUT2D eigenvalue weighted by Crippen LogP contribution is -2.54. The number of imide groups is 2. The highest BCUT2D eigenvalue weighted by Crippen LogP contribution is 2.34. The van der Waals surface area contributed by atoms with Gasteiger partial charge in [0.05, 0.1) is 15.7 Å². The number of hydrogen-bond donors (Lipinski definition) is 2. The normalized spacial score (nSPS) is 16.9. The van der Waals surface area contributed by atoms with E-state index < -0.39 is 17.8 Å². The zero-order valence-corrected chi connectivity index (χ0v) is 17.2. The van der Waals surface area contributed by atoms with Gasteiger partial charge in [-0.25, -0.2) is 9.69 Å². The van der Waals surface area contributed by atoms with Gasteiger partial charge in [0, 0.05) is 0 Å². The van der Waals surface area contributed by atoms with Crippen molar-refractivity contribution in [3.05, 3.63) is 63.1 Å². The SMILES string of the molecule is CCC(C)c1ccc(N2C(=O)NC(=O)C(=Cc3cc(Cl)c(O)c(Cl)c3)C2=O)cc1. The predicted molar refractivity (Wildman–Crippen MR) is 112 cm³/mol. The van der Waals surface area contributed by atoms with Crippen LogP contribution in [0.2, 0.25) is 10.0 Å². The van der Waals surface area contributed by atoms with Crippen LogP contribution in [-0.2, 0) is 9.59 Å². The van der Waals surface area contributed by atoms with Crippen LogP contribution in [0.5, 0.6) is 5.75 Å².